The van der Waals surface area contributed by atoms with Crippen molar-refractivity contribution in [2.45, 2.75) is 0 Å². The lowest BCUT2D eigenvalue weighted by atomic mass is 10.4. The smallest absolute Gasteiger partial charge is 0.332 e. The SMILES string of the molecule is CN(S(C)(=O)=O)S(=O)(=O)NC(=O)N1CCOCC1. The Bertz CT molecular complexity index is 507. The zero-order chi connectivity index (χ0) is 14.0. The highest BCUT2D eigenvalue weighted by Gasteiger charge is 2.30. The molecule has 106 valence electrons. The molecule has 1 saturated heterocycles. The molecular formula is C7H15N3O6S2. The number of hydrogen-bond acceptors (Lipinski definition) is 6. The highest BCUT2D eigenvalue weighted by molar-refractivity contribution is 8.03. The predicted octanol–water partition coefficient (Wildman–Crippen LogP) is -1.84. The van der Waals surface area contributed by atoms with Crippen LogP contribution in [-0.2, 0) is 25.0 Å². The van der Waals surface area contributed by atoms with E-state index >= 15 is 0 Å². The van der Waals surface area contributed by atoms with Crippen molar-refractivity contribution >= 4 is 26.3 Å². The number of nitrogens with one attached hydrogen (secondary N) is 1. The van der Waals surface area contributed by atoms with E-state index in [9.17, 15) is 21.6 Å². The van der Waals surface area contributed by atoms with Crippen LogP contribution < -0.4 is 4.72 Å². The van der Waals surface area contributed by atoms with Gasteiger partial charge in [-0.25, -0.2) is 17.9 Å². The van der Waals surface area contributed by atoms with Crippen LogP contribution in [0.1, 0.15) is 0 Å². The molecule has 2 amide bonds. The van der Waals surface area contributed by atoms with Crippen LogP contribution in [0.5, 0.6) is 0 Å². The van der Waals surface area contributed by atoms with Crippen LogP contribution >= 0.6 is 0 Å². The minimum atomic E-state index is -4.40. The van der Waals surface area contributed by atoms with E-state index in [2.05, 4.69) is 0 Å². The molecule has 0 aromatic rings. The van der Waals surface area contributed by atoms with Crippen molar-refractivity contribution in [2.75, 3.05) is 39.6 Å². The Morgan fingerprint density at radius 3 is 2.17 bits per heavy atom. The van der Waals surface area contributed by atoms with Crippen molar-refractivity contribution in [1.29, 1.82) is 0 Å². The summed E-state index contributed by atoms with van der Waals surface area (Å²) in [6.07, 6.45) is 0.728. The first-order valence-corrected chi connectivity index (χ1v) is 8.27. The molecule has 0 aliphatic carbocycles. The van der Waals surface area contributed by atoms with Crippen LogP contribution in [0.25, 0.3) is 0 Å². The third kappa shape index (κ3) is 3.80. The van der Waals surface area contributed by atoms with Crippen molar-refractivity contribution in [3.05, 3.63) is 0 Å². The third-order valence-corrected chi connectivity index (χ3v) is 5.76. The van der Waals surface area contributed by atoms with Gasteiger partial charge in [-0.1, -0.05) is 3.71 Å². The van der Waals surface area contributed by atoms with Gasteiger partial charge in [0.1, 0.15) is 0 Å². The Morgan fingerprint density at radius 1 is 1.22 bits per heavy atom. The van der Waals surface area contributed by atoms with Gasteiger partial charge in [0.15, 0.2) is 0 Å². The van der Waals surface area contributed by atoms with Crippen LogP contribution in [-0.4, -0.2) is 71.1 Å². The number of sulfonamides is 1. The Labute approximate surface area is 106 Å². The molecule has 9 nitrogen and oxygen atoms in total. The average Bonchev–Trinajstić information content (AvgIpc) is 2.27. The number of carbonyl (C=O) groups excluding carboxylic acids is 1. The fraction of sp³-hybridized carbons (Fsp3) is 0.857. The second kappa shape index (κ2) is 5.38. The summed E-state index contributed by atoms with van der Waals surface area (Å²) in [7, 11) is -7.50. The van der Waals surface area contributed by atoms with Gasteiger partial charge in [0.2, 0.25) is 10.0 Å². The number of ether oxygens (including phenoxy) is 1. The van der Waals surface area contributed by atoms with Gasteiger partial charge in [0, 0.05) is 20.1 Å². The molecule has 18 heavy (non-hydrogen) atoms. The van der Waals surface area contributed by atoms with Crippen LogP contribution in [0.15, 0.2) is 0 Å². The van der Waals surface area contributed by atoms with E-state index < -0.39 is 26.3 Å². The van der Waals surface area contributed by atoms with Crippen molar-refractivity contribution in [1.82, 2.24) is 13.3 Å². The Morgan fingerprint density at radius 2 is 1.72 bits per heavy atom. The van der Waals surface area contributed by atoms with Crippen LogP contribution in [0.3, 0.4) is 0 Å². The van der Waals surface area contributed by atoms with Crippen molar-refractivity contribution in [3.8, 4) is 0 Å². The van der Waals surface area contributed by atoms with Gasteiger partial charge in [0.05, 0.1) is 19.5 Å². The average molecular weight is 301 g/mol. The summed E-state index contributed by atoms with van der Waals surface area (Å²) >= 11 is 0. The topological polar surface area (TPSA) is 113 Å². The second-order valence-electron chi connectivity index (χ2n) is 3.65. The molecule has 0 spiro atoms. The standard InChI is InChI=1S/C7H15N3O6S2/c1-9(17(2,12)13)18(14,15)8-7(11)10-3-5-16-6-4-10/h3-6H2,1-2H3,(H,8,11). The first kappa shape index (κ1) is 15.1. The molecule has 0 unspecified atom stereocenters. The second-order valence-corrected chi connectivity index (χ2v) is 7.60. The predicted molar refractivity (Wildman–Crippen MR) is 62.5 cm³/mol. The lowest BCUT2D eigenvalue weighted by Crippen LogP contribution is -2.51. The van der Waals surface area contributed by atoms with E-state index in [-0.39, 0.29) is 16.8 Å². The molecule has 0 bridgehead atoms. The van der Waals surface area contributed by atoms with E-state index in [1.54, 1.807) is 4.72 Å². The number of rotatable bonds is 3. The number of nitrogens with zero attached hydrogens (tertiary/aromatic N) is 2. The van der Waals surface area contributed by atoms with E-state index in [1.807, 2.05) is 0 Å². The third-order valence-electron chi connectivity index (χ3n) is 2.32. The molecule has 1 N–H and O–H groups in total. The maximum Gasteiger partial charge on any atom is 0.332 e. The molecular weight excluding hydrogens is 286 g/mol. The zero-order valence-electron chi connectivity index (χ0n) is 9.99. The van der Waals surface area contributed by atoms with Gasteiger partial charge < -0.3 is 9.64 Å². The molecule has 1 aliphatic rings. The van der Waals surface area contributed by atoms with Crippen molar-refractivity contribution in [2.24, 2.45) is 0 Å². The fourth-order valence-corrected chi connectivity index (χ4v) is 3.20. The fourth-order valence-electron chi connectivity index (χ4n) is 1.18. The Kier molecular flexibility index (Phi) is 4.53. The van der Waals surface area contributed by atoms with Gasteiger partial charge in [-0.05, 0) is 0 Å². The molecule has 0 aromatic heterocycles. The minimum Gasteiger partial charge on any atom is -0.378 e. The van der Waals surface area contributed by atoms with Crippen LogP contribution in [0, 0.1) is 0 Å². The van der Waals surface area contributed by atoms with Gasteiger partial charge in [0.25, 0.3) is 0 Å². The number of urea groups is 1. The van der Waals surface area contributed by atoms with Crippen LogP contribution in [0.2, 0.25) is 0 Å². The highest BCUT2D eigenvalue weighted by atomic mass is 32.3. The quantitative estimate of drug-likeness (QED) is 0.655. The number of hydrogen-bond donors (Lipinski definition) is 1. The van der Waals surface area contributed by atoms with Gasteiger partial charge >= 0.3 is 16.2 Å². The Balaban J connectivity index is 2.74. The Hall–Kier alpha value is -0.910. The van der Waals surface area contributed by atoms with Crippen molar-refractivity contribution < 1.29 is 26.4 Å². The first-order chi connectivity index (χ1) is 8.14. The maximum atomic E-state index is 11.6. The summed E-state index contributed by atoms with van der Waals surface area (Å²) in [5.41, 5.74) is 0. The number of morpholine rings is 1. The zero-order valence-corrected chi connectivity index (χ0v) is 11.6. The van der Waals surface area contributed by atoms with Gasteiger partial charge in [-0.15, -0.1) is 0 Å². The highest BCUT2D eigenvalue weighted by Crippen LogP contribution is 2.03. The van der Waals surface area contributed by atoms with E-state index in [0.717, 1.165) is 13.3 Å². The van der Waals surface area contributed by atoms with Crippen molar-refractivity contribution in [3.63, 3.8) is 0 Å². The normalized spacial score (nSPS) is 17.8. The number of carbonyl (C=O) groups is 1. The summed E-state index contributed by atoms with van der Waals surface area (Å²) < 4.78 is 52.2. The van der Waals surface area contributed by atoms with Gasteiger partial charge in [-0.3, -0.25) is 0 Å². The summed E-state index contributed by atoms with van der Waals surface area (Å²) in [5.74, 6) is 0. The lowest BCUT2D eigenvalue weighted by molar-refractivity contribution is 0.0544. The lowest BCUT2D eigenvalue weighted by Gasteiger charge is -2.27. The molecule has 1 fully saturated rings. The molecule has 1 heterocycles. The van der Waals surface area contributed by atoms with E-state index in [0.29, 0.717) is 13.2 Å². The molecule has 0 saturated carbocycles. The largest absolute Gasteiger partial charge is 0.378 e. The van der Waals surface area contributed by atoms with Crippen LogP contribution in [0.4, 0.5) is 4.79 Å². The van der Waals surface area contributed by atoms with Gasteiger partial charge in [-0.2, -0.15) is 8.42 Å². The minimum absolute atomic E-state index is 0.109. The summed E-state index contributed by atoms with van der Waals surface area (Å²) in [5, 5.41) is 0. The molecule has 0 radical (unpaired) electrons. The summed E-state index contributed by atoms with van der Waals surface area (Å²) in [6, 6.07) is -0.867. The van der Waals surface area contributed by atoms with E-state index in [1.165, 1.54) is 4.90 Å². The number of amides is 2. The summed E-state index contributed by atoms with van der Waals surface area (Å²) in [4.78, 5) is 12.8. The first-order valence-electron chi connectivity index (χ1n) is 4.98. The van der Waals surface area contributed by atoms with E-state index in [4.69, 9.17) is 4.74 Å². The monoisotopic (exact) mass is 301 g/mol. The molecule has 11 heteroatoms. The molecule has 0 atom stereocenters. The summed E-state index contributed by atoms with van der Waals surface area (Å²) in [6.45, 7) is 1.14. The molecule has 0 aromatic carbocycles. The molecule has 1 aliphatic heterocycles. The maximum absolute atomic E-state index is 11.6. The molecule has 1 rings (SSSR count).